The van der Waals surface area contributed by atoms with Crippen molar-refractivity contribution < 1.29 is 0 Å². The van der Waals surface area contributed by atoms with Gasteiger partial charge < -0.3 is 9.88 Å². The topological polar surface area (TPSA) is 49.0 Å². The van der Waals surface area contributed by atoms with Crippen LogP contribution in [0.25, 0.3) is 0 Å². The first-order valence-corrected chi connectivity index (χ1v) is 6.24. The van der Waals surface area contributed by atoms with Crippen LogP contribution < -0.4 is 10.5 Å². The number of rotatable bonds is 1. The van der Waals surface area contributed by atoms with E-state index in [1.54, 1.807) is 0 Å². The number of H-pyrrole nitrogens is 1. The summed E-state index contributed by atoms with van der Waals surface area (Å²) in [5.74, 6) is 1.63. The van der Waals surface area contributed by atoms with Gasteiger partial charge in [-0.1, -0.05) is 6.92 Å². The Morgan fingerprint density at radius 3 is 2.87 bits per heavy atom. The summed E-state index contributed by atoms with van der Waals surface area (Å²) >= 11 is 2.06. The summed E-state index contributed by atoms with van der Waals surface area (Å²) in [6.45, 7) is 4.29. The minimum atomic E-state index is -0.0424. The van der Waals surface area contributed by atoms with E-state index >= 15 is 0 Å². The first kappa shape index (κ1) is 10.9. The van der Waals surface area contributed by atoms with Crippen molar-refractivity contribution in [1.82, 2.24) is 9.97 Å². The van der Waals surface area contributed by atoms with Gasteiger partial charge in [-0.2, -0.15) is 0 Å². The average Bonchev–Trinajstić information content (AvgIpc) is 2.24. The number of hydrogen-bond acceptors (Lipinski definition) is 3. The Kier molecular flexibility index (Phi) is 3.28. The zero-order chi connectivity index (χ0) is 10.8. The van der Waals surface area contributed by atoms with Crippen molar-refractivity contribution in [2.45, 2.75) is 19.8 Å². The van der Waals surface area contributed by atoms with E-state index < -0.39 is 0 Å². The third-order valence-corrected chi connectivity index (χ3v) is 3.83. The van der Waals surface area contributed by atoms with Crippen LogP contribution in [0.4, 0.5) is 5.82 Å². The number of aromatic nitrogens is 2. The number of nitrogens with one attached hydrogen (secondary N) is 1. The molecule has 2 heterocycles. The number of aromatic amines is 1. The molecule has 1 aliphatic rings. The Hall–Kier alpha value is -0.590. The maximum Gasteiger partial charge on any atom is 0.266 e. The number of anilines is 1. The molecule has 1 aromatic rings. The fourth-order valence-electron chi connectivity index (χ4n) is 1.81. The van der Waals surface area contributed by atoms with E-state index in [0.717, 1.165) is 24.8 Å². The zero-order valence-electron chi connectivity index (χ0n) is 8.66. The molecule has 0 bridgehead atoms. The van der Waals surface area contributed by atoms with Crippen LogP contribution in [0.5, 0.6) is 0 Å². The summed E-state index contributed by atoms with van der Waals surface area (Å²) in [7, 11) is 0. The minimum absolute atomic E-state index is 0.0424. The first-order chi connectivity index (χ1) is 7.18. The maximum absolute atomic E-state index is 11.4. The highest BCUT2D eigenvalue weighted by atomic mass is 127. The zero-order valence-corrected chi connectivity index (χ0v) is 10.8. The molecule has 1 N–H and O–H groups in total. The monoisotopic (exact) mass is 319 g/mol. The Labute approximate surface area is 102 Å². The van der Waals surface area contributed by atoms with Crippen molar-refractivity contribution in [3.63, 3.8) is 0 Å². The molecule has 0 radical (unpaired) electrons. The van der Waals surface area contributed by atoms with E-state index in [1.807, 2.05) is 0 Å². The van der Waals surface area contributed by atoms with Crippen molar-refractivity contribution in [3.05, 3.63) is 20.3 Å². The first-order valence-electron chi connectivity index (χ1n) is 5.16. The lowest BCUT2D eigenvalue weighted by molar-refractivity contribution is 0.436. The van der Waals surface area contributed by atoms with Crippen LogP contribution in [0.2, 0.25) is 0 Å². The third-order valence-electron chi connectivity index (χ3n) is 2.86. The molecular weight excluding hydrogens is 305 g/mol. The second kappa shape index (κ2) is 4.51. The number of piperidine rings is 1. The van der Waals surface area contributed by atoms with Crippen LogP contribution in [0, 0.1) is 9.49 Å². The van der Waals surface area contributed by atoms with Gasteiger partial charge in [0, 0.05) is 13.1 Å². The van der Waals surface area contributed by atoms with Crippen LogP contribution in [0.15, 0.2) is 11.1 Å². The number of nitrogens with zero attached hydrogens (tertiary/aromatic N) is 2. The lowest BCUT2D eigenvalue weighted by atomic mass is 9.99. The Morgan fingerprint density at radius 2 is 2.20 bits per heavy atom. The molecule has 1 saturated heterocycles. The minimum Gasteiger partial charge on any atom is -0.356 e. The van der Waals surface area contributed by atoms with Gasteiger partial charge in [-0.05, 0) is 41.4 Å². The number of hydrogen-bond donors (Lipinski definition) is 1. The Balaban J connectivity index is 2.23. The largest absolute Gasteiger partial charge is 0.356 e. The van der Waals surface area contributed by atoms with Crippen LogP contribution in [0.1, 0.15) is 19.8 Å². The van der Waals surface area contributed by atoms with Crippen molar-refractivity contribution in [2.75, 3.05) is 18.0 Å². The molecular formula is C10H14IN3O. The van der Waals surface area contributed by atoms with Gasteiger partial charge in [-0.3, -0.25) is 4.79 Å². The van der Waals surface area contributed by atoms with E-state index in [-0.39, 0.29) is 5.56 Å². The standard InChI is InChI=1S/C10H14IN3O/c1-7-2-4-14(5-3-7)9-8(11)10(15)13-6-12-9/h6-7H,2-5H2,1H3,(H,12,13,15). The Morgan fingerprint density at radius 1 is 1.53 bits per heavy atom. The maximum atomic E-state index is 11.4. The molecule has 0 aliphatic carbocycles. The molecule has 4 nitrogen and oxygen atoms in total. The molecule has 0 spiro atoms. The molecule has 15 heavy (non-hydrogen) atoms. The molecule has 2 rings (SSSR count). The summed E-state index contributed by atoms with van der Waals surface area (Å²) < 4.78 is 0.699. The molecule has 1 fully saturated rings. The van der Waals surface area contributed by atoms with Crippen LogP contribution in [0.3, 0.4) is 0 Å². The van der Waals surface area contributed by atoms with Crippen molar-refractivity contribution >= 4 is 28.4 Å². The van der Waals surface area contributed by atoms with Crippen LogP contribution in [-0.2, 0) is 0 Å². The summed E-state index contributed by atoms with van der Waals surface area (Å²) in [4.78, 5) is 20.5. The lowest BCUT2D eigenvalue weighted by Crippen LogP contribution is -2.35. The van der Waals surface area contributed by atoms with Crippen molar-refractivity contribution in [2.24, 2.45) is 5.92 Å². The molecule has 5 heteroatoms. The summed E-state index contributed by atoms with van der Waals surface area (Å²) in [6.07, 6.45) is 3.85. The molecule has 0 aromatic carbocycles. The van der Waals surface area contributed by atoms with E-state index in [9.17, 15) is 4.79 Å². The van der Waals surface area contributed by atoms with Crippen LogP contribution >= 0.6 is 22.6 Å². The normalized spacial score (nSPS) is 18.1. The van der Waals surface area contributed by atoms with E-state index in [1.165, 1.54) is 19.2 Å². The van der Waals surface area contributed by atoms with Crippen LogP contribution in [-0.4, -0.2) is 23.1 Å². The van der Waals surface area contributed by atoms with Gasteiger partial charge in [-0.25, -0.2) is 4.98 Å². The fraction of sp³-hybridized carbons (Fsp3) is 0.600. The van der Waals surface area contributed by atoms with Crippen molar-refractivity contribution in [1.29, 1.82) is 0 Å². The molecule has 0 saturated carbocycles. The molecule has 0 atom stereocenters. The van der Waals surface area contributed by atoms with Gasteiger partial charge in [-0.15, -0.1) is 0 Å². The summed E-state index contributed by atoms with van der Waals surface area (Å²) in [5.41, 5.74) is -0.0424. The van der Waals surface area contributed by atoms with Gasteiger partial charge >= 0.3 is 0 Å². The molecule has 0 unspecified atom stereocenters. The Bertz CT molecular complexity index is 396. The highest BCUT2D eigenvalue weighted by Gasteiger charge is 2.19. The van der Waals surface area contributed by atoms with Gasteiger partial charge in [0.1, 0.15) is 9.39 Å². The quantitative estimate of drug-likeness (QED) is 0.800. The molecule has 82 valence electrons. The average molecular weight is 319 g/mol. The second-order valence-electron chi connectivity index (χ2n) is 4.04. The molecule has 1 aliphatic heterocycles. The predicted octanol–water partition coefficient (Wildman–Crippen LogP) is 1.61. The highest BCUT2D eigenvalue weighted by molar-refractivity contribution is 14.1. The molecule has 0 amide bonds. The molecule has 1 aromatic heterocycles. The lowest BCUT2D eigenvalue weighted by Gasteiger charge is -2.31. The predicted molar refractivity (Wildman–Crippen MR) is 68.2 cm³/mol. The van der Waals surface area contributed by atoms with E-state index in [0.29, 0.717) is 3.57 Å². The van der Waals surface area contributed by atoms with Crippen molar-refractivity contribution in [3.8, 4) is 0 Å². The smallest absolute Gasteiger partial charge is 0.266 e. The van der Waals surface area contributed by atoms with E-state index in [2.05, 4.69) is 44.4 Å². The van der Waals surface area contributed by atoms with Gasteiger partial charge in [0.05, 0.1) is 6.33 Å². The van der Waals surface area contributed by atoms with Gasteiger partial charge in [0.2, 0.25) is 0 Å². The van der Waals surface area contributed by atoms with Gasteiger partial charge in [0.15, 0.2) is 0 Å². The van der Waals surface area contributed by atoms with Gasteiger partial charge in [0.25, 0.3) is 5.56 Å². The van der Waals surface area contributed by atoms with E-state index in [4.69, 9.17) is 0 Å². The second-order valence-corrected chi connectivity index (χ2v) is 5.12. The fourth-order valence-corrected chi connectivity index (χ4v) is 2.45. The SMILES string of the molecule is CC1CCN(c2nc[nH]c(=O)c2I)CC1. The summed E-state index contributed by atoms with van der Waals surface area (Å²) in [6, 6.07) is 0. The number of halogens is 1. The third kappa shape index (κ3) is 2.32. The highest BCUT2D eigenvalue weighted by Crippen LogP contribution is 2.22. The summed E-state index contributed by atoms with van der Waals surface area (Å²) in [5, 5.41) is 0.